The predicted octanol–water partition coefficient (Wildman–Crippen LogP) is 13.9. The third-order valence-corrected chi connectivity index (χ3v) is 11.4. The second-order valence-corrected chi connectivity index (χ2v) is 19.2. The van der Waals surface area contributed by atoms with E-state index in [0.717, 1.165) is 16.8 Å². The number of aliphatic hydroxyl groups excluding tert-OH is 1. The molecule has 295 valence electrons. The number of rotatable bonds is 4. The van der Waals surface area contributed by atoms with Gasteiger partial charge in [-0.05, 0) is 109 Å². The molecule has 1 radical (unpaired) electrons. The molecule has 7 heteroatoms. The van der Waals surface area contributed by atoms with Crippen LogP contribution in [0.5, 0.6) is 0 Å². The number of benzene rings is 3. The first-order valence-electron chi connectivity index (χ1n) is 19.3. The number of aryl methyl sites for hydroxylation is 2. The van der Waals surface area contributed by atoms with Crippen LogP contribution in [0.1, 0.15) is 135 Å². The van der Waals surface area contributed by atoms with Gasteiger partial charge in [-0.1, -0.05) is 104 Å². The van der Waals surface area contributed by atoms with Crippen LogP contribution in [0.15, 0.2) is 60.4 Å². The zero-order valence-corrected chi connectivity index (χ0v) is 36.5. The minimum atomic E-state index is -4.83. The number of aromatic nitrogens is 1. The summed E-state index contributed by atoms with van der Waals surface area (Å²) in [6.45, 7) is 24.4. The number of carbonyl (C=O) groups excluding carboxylic acids is 1. The van der Waals surface area contributed by atoms with Gasteiger partial charge in [0.25, 0.3) is 0 Å². The first kappa shape index (κ1) is 43.7. The van der Waals surface area contributed by atoms with Crippen LogP contribution in [-0.4, -0.2) is 22.1 Å². The first-order chi connectivity index (χ1) is 24.4. The van der Waals surface area contributed by atoms with Crippen LogP contribution in [0.3, 0.4) is 0 Å². The average Bonchev–Trinajstić information content (AvgIpc) is 3.01. The minimum Gasteiger partial charge on any atom is -0.504 e. The van der Waals surface area contributed by atoms with Crippen LogP contribution in [0, 0.1) is 42.1 Å². The van der Waals surface area contributed by atoms with Gasteiger partial charge in [0.05, 0.1) is 5.52 Å². The molecule has 0 saturated heterocycles. The molecule has 54 heavy (non-hydrogen) atoms. The molecule has 0 unspecified atom stereocenters. The largest absolute Gasteiger partial charge is 0.504 e. The molecule has 0 amide bonds. The second kappa shape index (κ2) is 15.8. The number of alkyl halides is 3. The summed E-state index contributed by atoms with van der Waals surface area (Å²) in [5.41, 5.74) is 10.3. The fourth-order valence-corrected chi connectivity index (χ4v) is 10.0. The van der Waals surface area contributed by atoms with Crippen molar-refractivity contribution >= 4 is 27.5 Å². The van der Waals surface area contributed by atoms with Crippen molar-refractivity contribution in [1.82, 2.24) is 4.98 Å². The molecule has 0 aliphatic heterocycles. The van der Waals surface area contributed by atoms with Crippen molar-refractivity contribution < 1.29 is 43.2 Å². The van der Waals surface area contributed by atoms with Gasteiger partial charge in [0.2, 0.25) is 5.76 Å². The molecule has 6 rings (SSSR count). The van der Waals surface area contributed by atoms with E-state index in [1.807, 2.05) is 0 Å². The first-order valence-corrected chi connectivity index (χ1v) is 19.3. The van der Waals surface area contributed by atoms with Gasteiger partial charge < -0.3 is 5.11 Å². The Morgan fingerprint density at radius 1 is 0.926 bits per heavy atom. The molecule has 3 nitrogen and oxygen atoms in total. The number of pyridine rings is 1. The van der Waals surface area contributed by atoms with E-state index >= 15 is 0 Å². The van der Waals surface area contributed by atoms with E-state index in [2.05, 4.69) is 117 Å². The smallest absolute Gasteiger partial charge is 0.448 e. The van der Waals surface area contributed by atoms with E-state index in [9.17, 15) is 18.0 Å². The molecule has 2 aliphatic rings. The predicted molar refractivity (Wildman–Crippen MR) is 213 cm³/mol. The number of hydrogen-bond donors (Lipinski definition) is 1. The summed E-state index contributed by atoms with van der Waals surface area (Å²) in [4.78, 5) is 16.0. The number of nitrogens with zero attached hydrogens (tertiary/aromatic N) is 1. The molecule has 4 aromatic rings. The quantitative estimate of drug-likeness (QED) is 0.126. The Kier molecular flexibility index (Phi) is 12.8. The summed E-state index contributed by atoms with van der Waals surface area (Å²) in [7, 11) is 0. The van der Waals surface area contributed by atoms with Crippen LogP contribution in [-0.2, 0) is 30.3 Å². The third-order valence-electron chi connectivity index (χ3n) is 11.4. The molecular weight excluding hydrogens is 860 g/mol. The summed E-state index contributed by atoms with van der Waals surface area (Å²) in [5, 5.41) is 12.2. The number of carbonyl (C=O) groups is 1. The van der Waals surface area contributed by atoms with E-state index in [4.69, 9.17) is 10.1 Å². The Morgan fingerprint density at radius 3 is 2.07 bits per heavy atom. The van der Waals surface area contributed by atoms with Crippen molar-refractivity contribution in [2.75, 3.05) is 0 Å². The van der Waals surface area contributed by atoms with E-state index in [0.29, 0.717) is 22.2 Å². The Balaban J connectivity index is 0.000000433. The molecule has 1 heterocycles. The van der Waals surface area contributed by atoms with E-state index in [1.165, 1.54) is 97.2 Å². The Hall–Kier alpha value is -3.02. The molecule has 2 saturated carbocycles. The Labute approximate surface area is 335 Å². The summed E-state index contributed by atoms with van der Waals surface area (Å²) < 4.78 is 34.8. The van der Waals surface area contributed by atoms with Gasteiger partial charge in [0.15, 0.2) is 5.78 Å². The third kappa shape index (κ3) is 10.0. The summed E-state index contributed by atoms with van der Waals surface area (Å²) in [6.07, 6.45) is 4.77. The Bertz CT molecular complexity index is 2010. The van der Waals surface area contributed by atoms with Crippen molar-refractivity contribution in [3.05, 3.63) is 88.7 Å². The monoisotopic (exact) mass is 919 g/mol. The van der Waals surface area contributed by atoms with Crippen molar-refractivity contribution in [3.8, 4) is 11.3 Å². The van der Waals surface area contributed by atoms with Crippen molar-refractivity contribution in [2.24, 2.45) is 22.2 Å². The molecule has 1 aromatic heterocycles. The van der Waals surface area contributed by atoms with Gasteiger partial charge in [0, 0.05) is 43.2 Å². The van der Waals surface area contributed by atoms with Gasteiger partial charge in [-0.25, -0.2) is 0 Å². The van der Waals surface area contributed by atoms with Crippen molar-refractivity contribution in [2.45, 2.75) is 139 Å². The zero-order chi connectivity index (χ0) is 39.3. The topological polar surface area (TPSA) is 50.2 Å². The molecule has 0 atom stereocenters. The van der Waals surface area contributed by atoms with Gasteiger partial charge in [-0.2, -0.15) is 13.2 Å². The van der Waals surface area contributed by atoms with E-state index in [1.54, 1.807) is 0 Å². The van der Waals surface area contributed by atoms with Crippen LogP contribution in [0.2, 0.25) is 0 Å². The molecule has 2 fully saturated rings. The number of allylic oxidation sites excluding steroid dienone is 2. The number of hydrogen-bond acceptors (Lipinski definition) is 3. The molecule has 2 aliphatic carbocycles. The molecule has 1 spiro atoms. The van der Waals surface area contributed by atoms with E-state index in [-0.39, 0.29) is 31.6 Å². The maximum atomic E-state index is 11.6. The molecule has 3 aromatic carbocycles. The number of ketones is 1. The van der Waals surface area contributed by atoms with Crippen molar-refractivity contribution in [1.29, 1.82) is 0 Å². The Morgan fingerprint density at radius 2 is 1.52 bits per heavy atom. The fraction of sp³-hybridized carbons (Fsp3) is 0.532. The normalized spacial score (nSPS) is 18.7. The van der Waals surface area contributed by atoms with Gasteiger partial charge in [-0.15, -0.1) is 29.1 Å². The number of aliphatic hydroxyl groups is 1. The summed E-state index contributed by atoms with van der Waals surface area (Å²) in [5.74, 6) is -2.55. The average molecular weight is 919 g/mol. The van der Waals surface area contributed by atoms with Crippen LogP contribution in [0.4, 0.5) is 13.2 Å². The zero-order valence-electron chi connectivity index (χ0n) is 34.1. The van der Waals surface area contributed by atoms with E-state index < -0.39 is 23.6 Å². The molecular formula is C47H59F3IrNO2-. The fourth-order valence-electron chi connectivity index (χ4n) is 10.0. The number of fused-ring (bicyclic) bond motifs is 2. The van der Waals surface area contributed by atoms with Gasteiger partial charge >= 0.3 is 6.18 Å². The van der Waals surface area contributed by atoms with Crippen LogP contribution in [0.25, 0.3) is 32.9 Å². The van der Waals surface area contributed by atoms with Crippen LogP contribution >= 0.6 is 0 Å². The van der Waals surface area contributed by atoms with Crippen LogP contribution < -0.4 is 0 Å². The molecule has 1 N–H and O–H groups in total. The summed E-state index contributed by atoms with van der Waals surface area (Å²) >= 11 is 0. The maximum Gasteiger partial charge on any atom is 0.448 e. The minimum absolute atomic E-state index is 0. The van der Waals surface area contributed by atoms with Crippen molar-refractivity contribution in [3.63, 3.8) is 0 Å². The second-order valence-electron chi connectivity index (χ2n) is 19.2. The van der Waals surface area contributed by atoms with Gasteiger partial charge in [-0.3, -0.25) is 9.78 Å². The SMILES string of the molecule is CC(C)C(=O)/C=C(\O)C(F)(F)F.Cc1cc(C)c2c(C3CCC4(CC3)CC(C)(C)CC(C)(C)C4)cc(-c3[c-]c4ccccc4c(C(C)(C)C)c3)nc2c1.[Ir]. The number of halogens is 3. The summed E-state index contributed by atoms with van der Waals surface area (Å²) in [6, 6.07) is 22.0. The standard InChI is InChI=1S/C40H50N.C7H9F3O2.Ir/c1-26-18-27(2)36-32(28-14-16-40(17-15-28)24-38(6,7)23-39(8,9)25-40)22-34(41-35(36)19-26)30-20-29-12-10-11-13-31(29)33(21-30)37(3,4)5;1-4(2)5(11)3-6(12)7(8,9)10;/h10-13,18-19,21-22,28H,14-17,23-25H2,1-9H3;3-4,12H,1-2H3;/q-1;;/b;6-3-;. The van der Waals surface area contributed by atoms with Gasteiger partial charge in [0.1, 0.15) is 0 Å². The maximum absolute atomic E-state index is 11.6. The molecule has 0 bridgehead atoms.